The van der Waals surface area contributed by atoms with E-state index in [9.17, 15) is 13.2 Å². The van der Waals surface area contributed by atoms with Crippen molar-refractivity contribution in [1.82, 2.24) is 5.06 Å². The minimum atomic E-state index is -4.86. The van der Waals surface area contributed by atoms with Crippen LogP contribution < -0.4 is 11.5 Å². The Labute approximate surface area is 110 Å². The quantitative estimate of drug-likeness (QED) is 0.385. The summed E-state index contributed by atoms with van der Waals surface area (Å²) in [5.74, 6) is -1.21. The van der Waals surface area contributed by atoms with Crippen LogP contribution in [0, 0.1) is 0 Å². The number of nitrogens with two attached hydrogens (primary N) is 2. The average molecular weight is 296 g/mol. The third-order valence-corrected chi connectivity index (χ3v) is 2.56. The predicted molar refractivity (Wildman–Crippen MR) is 63.7 cm³/mol. The molecule has 0 saturated carbocycles. The Hall–Kier alpha value is -1.27. The van der Waals surface area contributed by atoms with E-state index in [1.807, 2.05) is 6.92 Å². The van der Waals surface area contributed by atoms with Gasteiger partial charge in [-0.3, -0.25) is 9.35 Å². The maximum absolute atomic E-state index is 11.8. The minimum absolute atomic E-state index is 0.287. The van der Waals surface area contributed by atoms with Crippen LogP contribution >= 0.6 is 0 Å². The summed E-state index contributed by atoms with van der Waals surface area (Å²) in [6, 6.07) is 0. The van der Waals surface area contributed by atoms with E-state index in [1.165, 1.54) is 0 Å². The Bertz CT molecular complexity index is 464. The van der Waals surface area contributed by atoms with Gasteiger partial charge in [-0.25, -0.2) is 4.99 Å². The van der Waals surface area contributed by atoms with Crippen molar-refractivity contribution in [3.05, 3.63) is 0 Å². The zero-order valence-electron chi connectivity index (χ0n) is 10.2. The van der Waals surface area contributed by atoms with E-state index in [0.29, 0.717) is 5.06 Å². The highest BCUT2D eigenvalue weighted by Gasteiger charge is 2.38. The lowest BCUT2D eigenvalue weighted by Crippen LogP contribution is -2.60. The number of ketones is 1. The molecule has 19 heavy (non-hydrogen) atoms. The number of guanidine groups is 1. The first-order chi connectivity index (χ1) is 8.76. The van der Waals surface area contributed by atoms with E-state index in [-0.39, 0.29) is 6.61 Å². The van der Waals surface area contributed by atoms with Crippen LogP contribution in [-0.4, -0.2) is 48.8 Å². The molecule has 0 saturated heterocycles. The summed E-state index contributed by atoms with van der Waals surface area (Å²) < 4.78 is 38.9. The van der Waals surface area contributed by atoms with E-state index in [2.05, 4.69) is 9.28 Å². The molecule has 0 aromatic heterocycles. The first kappa shape index (κ1) is 15.8. The topological polar surface area (TPSA) is 158 Å². The molecule has 1 aliphatic rings. The lowest BCUT2D eigenvalue weighted by Gasteiger charge is -2.31. The van der Waals surface area contributed by atoms with Gasteiger partial charge in [0.2, 0.25) is 18.0 Å². The summed E-state index contributed by atoms with van der Waals surface area (Å²) in [6.07, 6.45) is -1.15. The SMILES string of the molecule is CCCCOC1N=C(N)N(OS(=O)(=O)O)C(N)C1=O. The molecule has 0 spiro atoms. The Morgan fingerprint density at radius 1 is 1.53 bits per heavy atom. The number of aliphatic imine (C=N–C) groups is 1. The molecule has 1 aliphatic heterocycles. The molecule has 0 aliphatic carbocycles. The second-order valence-electron chi connectivity index (χ2n) is 3.74. The van der Waals surface area contributed by atoms with Crippen molar-refractivity contribution < 1.29 is 26.8 Å². The molecule has 1 rings (SSSR count). The van der Waals surface area contributed by atoms with Crippen LogP contribution in [0.25, 0.3) is 0 Å². The Kier molecular flexibility index (Phi) is 5.20. The fourth-order valence-corrected chi connectivity index (χ4v) is 1.66. The lowest BCUT2D eigenvalue weighted by molar-refractivity contribution is -0.145. The Morgan fingerprint density at radius 2 is 2.16 bits per heavy atom. The number of hydrogen-bond acceptors (Lipinski definition) is 9. The summed E-state index contributed by atoms with van der Waals surface area (Å²) in [6.45, 7) is 2.23. The van der Waals surface area contributed by atoms with Crippen molar-refractivity contribution in [3.63, 3.8) is 0 Å². The molecule has 1 heterocycles. The zero-order chi connectivity index (χ0) is 14.6. The van der Waals surface area contributed by atoms with Crippen LogP contribution in [0.2, 0.25) is 0 Å². The second-order valence-corrected chi connectivity index (χ2v) is 4.74. The highest BCUT2D eigenvalue weighted by atomic mass is 32.3. The van der Waals surface area contributed by atoms with Gasteiger partial charge in [-0.1, -0.05) is 13.3 Å². The molecular weight excluding hydrogens is 280 g/mol. The van der Waals surface area contributed by atoms with Crippen LogP contribution in [0.1, 0.15) is 19.8 Å². The van der Waals surface area contributed by atoms with Gasteiger partial charge in [0.05, 0.1) is 0 Å². The van der Waals surface area contributed by atoms with E-state index in [1.54, 1.807) is 0 Å². The number of hydrogen-bond donors (Lipinski definition) is 3. The summed E-state index contributed by atoms with van der Waals surface area (Å²) in [5, 5.41) is 0.303. The molecule has 2 atom stereocenters. The molecule has 0 fully saturated rings. The minimum Gasteiger partial charge on any atom is -0.368 e. The highest BCUT2D eigenvalue weighted by Crippen LogP contribution is 2.13. The molecule has 0 aromatic carbocycles. The van der Waals surface area contributed by atoms with Crippen molar-refractivity contribution in [2.75, 3.05) is 6.61 Å². The number of carbonyl (C=O) groups excluding carboxylic acids is 1. The number of ether oxygens (including phenoxy) is 1. The second kappa shape index (κ2) is 6.25. The lowest BCUT2D eigenvalue weighted by atomic mass is 10.2. The zero-order valence-corrected chi connectivity index (χ0v) is 11.0. The molecular formula is C8H16N4O6S. The van der Waals surface area contributed by atoms with Gasteiger partial charge in [0.15, 0.2) is 6.17 Å². The van der Waals surface area contributed by atoms with Crippen LogP contribution in [0.15, 0.2) is 4.99 Å². The maximum atomic E-state index is 11.8. The number of Topliss-reactive ketones (excluding diaryl/α,β-unsaturated/α-hetero) is 1. The fraction of sp³-hybridized carbons (Fsp3) is 0.750. The standard InChI is InChI=1S/C8H16N4O6S/c1-2-3-4-17-7-5(13)6(9)12(8(10)11-7)18-19(14,15)16/h6-7H,2-4,9H2,1H3,(H2,10,11)(H,14,15,16). The maximum Gasteiger partial charge on any atom is 0.418 e. The van der Waals surface area contributed by atoms with Gasteiger partial charge in [0, 0.05) is 6.61 Å². The molecule has 2 unspecified atom stereocenters. The van der Waals surface area contributed by atoms with Gasteiger partial charge in [-0.15, -0.1) is 4.28 Å². The van der Waals surface area contributed by atoms with Crippen molar-refractivity contribution in [2.45, 2.75) is 32.2 Å². The molecule has 5 N–H and O–H groups in total. The summed E-state index contributed by atoms with van der Waals surface area (Å²) >= 11 is 0. The first-order valence-corrected chi connectivity index (χ1v) is 6.83. The van der Waals surface area contributed by atoms with Gasteiger partial charge in [-0.05, 0) is 6.42 Å². The highest BCUT2D eigenvalue weighted by molar-refractivity contribution is 7.80. The van der Waals surface area contributed by atoms with Gasteiger partial charge in [0.25, 0.3) is 0 Å². The van der Waals surface area contributed by atoms with Gasteiger partial charge in [0.1, 0.15) is 0 Å². The van der Waals surface area contributed by atoms with Crippen molar-refractivity contribution >= 4 is 22.1 Å². The summed E-state index contributed by atoms with van der Waals surface area (Å²) in [7, 11) is -4.86. The first-order valence-electron chi connectivity index (χ1n) is 5.46. The van der Waals surface area contributed by atoms with Gasteiger partial charge < -0.3 is 16.2 Å². The number of rotatable bonds is 6. The number of nitrogens with zero attached hydrogens (tertiary/aromatic N) is 2. The number of hydroxylamine groups is 2. The third kappa shape index (κ3) is 4.40. The van der Waals surface area contributed by atoms with E-state index >= 15 is 0 Å². The molecule has 110 valence electrons. The molecule has 11 heteroatoms. The van der Waals surface area contributed by atoms with Crippen molar-refractivity contribution in [3.8, 4) is 0 Å². The van der Waals surface area contributed by atoms with E-state index < -0.39 is 34.5 Å². The normalized spacial score (nSPS) is 24.5. The van der Waals surface area contributed by atoms with Crippen molar-refractivity contribution in [1.29, 1.82) is 0 Å². The average Bonchev–Trinajstić information content (AvgIpc) is 2.30. The fourth-order valence-electron chi connectivity index (χ4n) is 1.29. The molecule has 0 amide bonds. The number of carbonyl (C=O) groups is 1. The molecule has 0 bridgehead atoms. The third-order valence-electron chi connectivity index (χ3n) is 2.21. The Balaban J connectivity index is 2.81. The predicted octanol–water partition coefficient (Wildman–Crippen LogP) is -1.65. The van der Waals surface area contributed by atoms with E-state index in [0.717, 1.165) is 12.8 Å². The van der Waals surface area contributed by atoms with Crippen LogP contribution in [0.5, 0.6) is 0 Å². The van der Waals surface area contributed by atoms with Crippen molar-refractivity contribution in [2.24, 2.45) is 16.5 Å². The van der Waals surface area contributed by atoms with Crippen LogP contribution in [-0.2, 0) is 24.2 Å². The number of unbranched alkanes of at least 4 members (excludes halogenated alkanes) is 1. The summed E-state index contributed by atoms with van der Waals surface area (Å²) in [5.41, 5.74) is 10.8. The smallest absolute Gasteiger partial charge is 0.368 e. The van der Waals surface area contributed by atoms with E-state index in [4.69, 9.17) is 20.8 Å². The molecule has 0 radical (unpaired) electrons. The summed E-state index contributed by atoms with van der Waals surface area (Å²) in [4.78, 5) is 15.4. The monoisotopic (exact) mass is 296 g/mol. The van der Waals surface area contributed by atoms with Crippen LogP contribution in [0.3, 0.4) is 0 Å². The van der Waals surface area contributed by atoms with Gasteiger partial charge >= 0.3 is 10.4 Å². The largest absolute Gasteiger partial charge is 0.418 e. The van der Waals surface area contributed by atoms with Gasteiger partial charge in [-0.2, -0.15) is 13.5 Å². The van der Waals surface area contributed by atoms with Crippen LogP contribution in [0.4, 0.5) is 0 Å². The molecule has 10 nitrogen and oxygen atoms in total. The Morgan fingerprint density at radius 3 is 2.68 bits per heavy atom. The molecule has 0 aromatic rings.